The van der Waals surface area contributed by atoms with E-state index in [4.69, 9.17) is 47.4 Å². The summed E-state index contributed by atoms with van der Waals surface area (Å²) in [5, 5.41) is 58.8. The molecule has 5 aliphatic rings. The summed E-state index contributed by atoms with van der Waals surface area (Å²) in [5.41, 5.74) is -1.88. The van der Waals surface area contributed by atoms with Gasteiger partial charge in [0.1, 0.15) is 47.6 Å². The zero-order valence-corrected chi connectivity index (χ0v) is 49.2. The van der Waals surface area contributed by atoms with Crippen LogP contribution in [0.4, 0.5) is 0 Å². The summed E-state index contributed by atoms with van der Waals surface area (Å²) in [4.78, 5) is 45.1. The predicted octanol–water partition coefficient (Wildman–Crippen LogP) is 4.87. The molecule has 0 unspecified atom stereocenters. The van der Waals surface area contributed by atoms with Crippen molar-refractivity contribution in [1.82, 2.24) is 9.80 Å². The van der Waals surface area contributed by atoms with Gasteiger partial charge in [-0.25, -0.2) is 4.79 Å². The number of phenolic OH excluding ortho intramolecular Hbond substituents is 1. The van der Waals surface area contributed by atoms with Gasteiger partial charge in [-0.2, -0.15) is 0 Å². The molecular formula is C55H87IN2O18. The number of alkyl halides is 1. The lowest BCUT2D eigenvalue weighted by Gasteiger charge is -2.50. The van der Waals surface area contributed by atoms with E-state index in [2.05, 4.69) is 4.90 Å². The number of methoxy groups -OCH3 is 2. The monoisotopic (exact) mass is 1190 g/mol. The predicted molar refractivity (Wildman–Crippen MR) is 286 cm³/mol. The molecule has 21 heteroatoms. The maximum Gasteiger partial charge on any atom is 0.342 e. The fourth-order valence-corrected chi connectivity index (χ4v) is 12.6. The minimum atomic E-state index is -1.88. The van der Waals surface area contributed by atoms with Gasteiger partial charge in [-0.3, -0.25) is 14.5 Å². The summed E-state index contributed by atoms with van der Waals surface area (Å²) in [5.74, 6) is -3.66. The molecule has 1 aromatic carbocycles. The van der Waals surface area contributed by atoms with Crippen molar-refractivity contribution in [3.05, 3.63) is 33.9 Å². The molecule has 0 saturated carbocycles. The number of rotatable bonds is 13. The summed E-state index contributed by atoms with van der Waals surface area (Å²) < 4.78 is 60.9. The number of halogens is 1. The number of hydrogen-bond acceptors (Lipinski definition) is 20. The number of morpholine rings is 1. The van der Waals surface area contributed by atoms with Crippen molar-refractivity contribution in [3.63, 3.8) is 0 Å². The van der Waals surface area contributed by atoms with E-state index in [1.165, 1.54) is 21.1 Å². The molecule has 18 atom stereocenters. The molecular weight excluding hydrogens is 1100 g/mol. The molecule has 0 radical (unpaired) electrons. The van der Waals surface area contributed by atoms with Gasteiger partial charge in [-0.05, 0) is 123 Å². The van der Waals surface area contributed by atoms with Crippen LogP contribution in [0.2, 0.25) is 0 Å². The third-order valence-corrected chi connectivity index (χ3v) is 18.2. The van der Waals surface area contributed by atoms with E-state index in [1.54, 1.807) is 34.6 Å². The number of carbonyl (C=O) groups is 3. The Bertz CT molecular complexity index is 2210. The SMILES string of the molecule is COc1c(C)c2c(c(O)c1C/C=C(\C)CCC(=O)O[C@@H]1C[C@@H](C)O[C@@H](O[C@@H]3[C@@H](C)[C@H](O[C@H]4C[C@@](C)(OC)[C@@H](O)[C@H](C)O4)[C@@H](C)C(=O)O[C@H](I)[C@@](C)(O)[C@H](O)[C@@H](C)N(C)C[C@H](C)C[C@@]3(C)O)[C@H]1N1CCOCC1)C(=O)OC2. The maximum atomic E-state index is 14.5. The third kappa shape index (κ3) is 13.9. The van der Waals surface area contributed by atoms with Crippen LogP contribution in [-0.4, -0.2) is 196 Å². The smallest absolute Gasteiger partial charge is 0.342 e. The lowest BCUT2D eigenvalue weighted by atomic mass is 9.77. The molecule has 1 aromatic rings. The summed E-state index contributed by atoms with van der Waals surface area (Å²) >= 11 is 1.83. The Morgan fingerprint density at radius 1 is 0.947 bits per heavy atom. The van der Waals surface area contributed by atoms with Crippen LogP contribution in [0.1, 0.15) is 128 Å². The Labute approximate surface area is 462 Å². The summed E-state index contributed by atoms with van der Waals surface area (Å²) in [6, 6.07) is -1.28. The molecule has 5 heterocycles. The molecule has 4 saturated heterocycles. The highest BCUT2D eigenvalue weighted by Crippen LogP contribution is 2.44. The van der Waals surface area contributed by atoms with E-state index in [9.17, 15) is 39.9 Å². The lowest BCUT2D eigenvalue weighted by molar-refractivity contribution is -0.317. The van der Waals surface area contributed by atoms with Gasteiger partial charge in [0.2, 0.25) is 0 Å². The standard InChI is InChI=1S/C55H87IN2O18/c1-28(15-17-36-43(60)41-37(27-70-50(41)64)31(4)45(36)67-13)16-18-39(59)73-38-23-30(3)71-51(42(38)58-19-21-69-22-20-58)75-48-32(5)44(74-40-25-54(10,68-14)47(62)35(8)72-40)33(6)49(63)76-52(56)55(11,66)46(61)34(7)57(12)26-29(2)24-53(48,9)65/h15,29-30,32-35,38,40,42,44,46-48,51-52,60-62,65-66H,16-27H2,1-14H3/b28-15+/t29-,30-,32+,33-,34-,35+,38-,40+,42+,44+,46-,47+,48-,51+,52+,53-,54-,55+/m1/s1. The van der Waals surface area contributed by atoms with Gasteiger partial charge in [-0.15, -0.1) is 0 Å². The van der Waals surface area contributed by atoms with Gasteiger partial charge < -0.3 is 77.8 Å². The average molecular weight is 1190 g/mol. The van der Waals surface area contributed by atoms with Crippen molar-refractivity contribution in [2.75, 3.05) is 54.1 Å². The molecule has 6 rings (SSSR count). The number of benzene rings is 1. The quantitative estimate of drug-likeness (QED) is 0.0581. The third-order valence-electron chi connectivity index (χ3n) is 16.7. The second-order valence-corrected chi connectivity index (χ2v) is 24.0. The zero-order chi connectivity index (χ0) is 56.4. The first-order valence-electron chi connectivity index (χ1n) is 26.8. The maximum absolute atomic E-state index is 14.5. The van der Waals surface area contributed by atoms with Crippen molar-refractivity contribution >= 4 is 40.5 Å². The van der Waals surface area contributed by atoms with Crippen LogP contribution >= 0.6 is 22.6 Å². The van der Waals surface area contributed by atoms with Crippen LogP contribution in [0.5, 0.6) is 11.5 Å². The van der Waals surface area contributed by atoms with Gasteiger partial charge in [-0.1, -0.05) is 25.5 Å². The van der Waals surface area contributed by atoms with Crippen molar-refractivity contribution in [2.24, 2.45) is 17.8 Å². The number of aliphatic hydroxyl groups is 4. The number of likely N-dealkylation sites (N-methyl/N-ethyl adjacent to an activating group) is 1. The largest absolute Gasteiger partial charge is 0.507 e. The number of nitrogens with zero attached hydrogens (tertiary/aromatic N) is 2. The van der Waals surface area contributed by atoms with Crippen LogP contribution in [-0.2, 0) is 65.2 Å². The number of fused-ring (bicyclic) bond motifs is 1. The lowest BCUT2D eigenvalue weighted by Crippen LogP contribution is -2.63. The van der Waals surface area contributed by atoms with E-state index < -0.39 is 118 Å². The van der Waals surface area contributed by atoms with Gasteiger partial charge >= 0.3 is 17.9 Å². The van der Waals surface area contributed by atoms with Gasteiger partial charge in [0.15, 0.2) is 16.7 Å². The Morgan fingerprint density at radius 3 is 2.26 bits per heavy atom. The first-order chi connectivity index (χ1) is 35.6. The normalized spacial score (nSPS) is 39.8. The number of cyclic esters (lactones) is 2. The van der Waals surface area contributed by atoms with Crippen molar-refractivity contribution in [3.8, 4) is 11.5 Å². The molecule has 20 nitrogen and oxygen atoms in total. The zero-order valence-electron chi connectivity index (χ0n) is 47.0. The van der Waals surface area contributed by atoms with Crippen molar-refractivity contribution in [1.29, 1.82) is 0 Å². The van der Waals surface area contributed by atoms with E-state index in [1.807, 2.05) is 75.2 Å². The summed E-state index contributed by atoms with van der Waals surface area (Å²) in [6.45, 7) is 21.6. The minimum absolute atomic E-state index is 0.0337. The first kappa shape index (κ1) is 62.4. The van der Waals surface area contributed by atoms with Crippen molar-refractivity contribution in [2.45, 2.75) is 210 Å². The topological polar surface area (TPSA) is 251 Å². The number of esters is 3. The molecule has 0 aromatic heterocycles. The Kier molecular flexibility index (Phi) is 21.2. The number of allylic oxidation sites excluding steroid dienone is 2. The first-order valence-corrected chi connectivity index (χ1v) is 28.1. The second-order valence-electron chi connectivity index (χ2n) is 22.9. The van der Waals surface area contributed by atoms with Gasteiger partial charge in [0, 0.05) is 69.1 Å². The number of aliphatic hydroxyl groups excluding tert-OH is 2. The highest BCUT2D eigenvalue weighted by molar-refractivity contribution is 14.1. The molecule has 76 heavy (non-hydrogen) atoms. The Hall–Kier alpha value is -2.78. The number of carbonyl (C=O) groups excluding carboxylic acids is 3. The van der Waals surface area contributed by atoms with E-state index >= 15 is 0 Å². The van der Waals surface area contributed by atoms with E-state index in [0.29, 0.717) is 62.6 Å². The van der Waals surface area contributed by atoms with E-state index in [0.717, 1.165) is 11.1 Å². The van der Waals surface area contributed by atoms with Gasteiger partial charge in [0.05, 0.1) is 67.9 Å². The number of phenols is 1. The summed E-state index contributed by atoms with van der Waals surface area (Å²) in [6.07, 6.45) is -5.59. The van der Waals surface area contributed by atoms with Crippen LogP contribution in [0, 0.1) is 24.7 Å². The fraction of sp³-hybridized carbons (Fsp3) is 0.800. The number of ether oxygens (including phenoxy) is 10. The second kappa shape index (κ2) is 25.8. The number of aromatic hydroxyl groups is 1. The van der Waals surface area contributed by atoms with Crippen LogP contribution in [0.15, 0.2) is 11.6 Å². The van der Waals surface area contributed by atoms with Crippen molar-refractivity contribution < 1.29 is 87.3 Å². The van der Waals surface area contributed by atoms with Crippen LogP contribution < -0.4 is 4.74 Å². The molecule has 432 valence electrons. The average Bonchev–Trinajstić information content (AvgIpc) is 3.77. The summed E-state index contributed by atoms with van der Waals surface area (Å²) in [7, 11) is 4.83. The molecule has 0 bridgehead atoms. The molecule has 0 aliphatic carbocycles. The molecule has 4 fully saturated rings. The molecule has 0 spiro atoms. The Balaban J connectivity index is 1.32. The van der Waals surface area contributed by atoms with Crippen LogP contribution in [0.3, 0.4) is 0 Å². The van der Waals surface area contributed by atoms with Gasteiger partial charge in [0.25, 0.3) is 0 Å². The molecule has 5 aliphatic heterocycles. The number of hydrogen-bond donors (Lipinski definition) is 5. The molecule has 5 N–H and O–H groups in total. The highest BCUT2D eigenvalue weighted by atomic mass is 127. The van der Waals surface area contributed by atoms with Crippen LogP contribution in [0.25, 0.3) is 0 Å². The highest BCUT2D eigenvalue weighted by Gasteiger charge is 2.54. The minimum Gasteiger partial charge on any atom is -0.507 e. The molecule has 0 amide bonds. The Morgan fingerprint density at radius 2 is 1.62 bits per heavy atom. The fourth-order valence-electron chi connectivity index (χ4n) is 11.9. The van der Waals surface area contributed by atoms with E-state index in [-0.39, 0.29) is 49.5 Å².